The van der Waals surface area contributed by atoms with Gasteiger partial charge in [0.05, 0.1) is 0 Å². The highest BCUT2D eigenvalue weighted by Crippen LogP contribution is 2.39. The Morgan fingerprint density at radius 3 is 2.73 bits per heavy atom. The normalized spacial score (nSPS) is 30.6. The molecule has 2 fully saturated rings. The molecule has 2 aliphatic carbocycles. The fourth-order valence-corrected chi connectivity index (χ4v) is 4.34. The van der Waals surface area contributed by atoms with E-state index < -0.39 is 0 Å². The third-order valence-electron chi connectivity index (χ3n) is 4.87. The van der Waals surface area contributed by atoms with Crippen LogP contribution in [0.5, 0.6) is 5.75 Å². The molecular weight excluding hydrogens is 344 g/mol. The summed E-state index contributed by atoms with van der Waals surface area (Å²) >= 11 is 3.39. The molecule has 1 aromatic rings. The van der Waals surface area contributed by atoms with E-state index in [1.807, 2.05) is 24.3 Å². The van der Waals surface area contributed by atoms with Crippen LogP contribution < -0.4 is 15.8 Å². The molecule has 0 radical (unpaired) electrons. The lowest BCUT2D eigenvalue weighted by Gasteiger charge is -2.45. The Labute approximate surface area is 139 Å². The van der Waals surface area contributed by atoms with Gasteiger partial charge < -0.3 is 15.8 Å². The molecule has 4 nitrogen and oxygen atoms in total. The van der Waals surface area contributed by atoms with E-state index in [1.54, 1.807) is 0 Å². The Bertz CT molecular complexity index is 523. The van der Waals surface area contributed by atoms with Crippen LogP contribution in [0.1, 0.15) is 32.1 Å². The van der Waals surface area contributed by atoms with Gasteiger partial charge in [-0.1, -0.05) is 28.4 Å². The number of benzene rings is 1. The van der Waals surface area contributed by atoms with Gasteiger partial charge in [-0.2, -0.15) is 0 Å². The van der Waals surface area contributed by atoms with Crippen molar-refractivity contribution in [3.8, 4) is 5.75 Å². The average molecular weight is 367 g/mol. The first-order chi connectivity index (χ1) is 10.6. The van der Waals surface area contributed by atoms with Crippen molar-refractivity contribution in [1.29, 1.82) is 0 Å². The highest BCUT2D eigenvalue weighted by atomic mass is 79.9. The van der Waals surface area contributed by atoms with Gasteiger partial charge in [-0.3, -0.25) is 4.79 Å². The summed E-state index contributed by atoms with van der Waals surface area (Å²) in [4.78, 5) is 12.2. The maximum Gasteiger partial charge on any atom is 0.258 e. The summed E-state index contributed by atoms with van der Waals surface area (Å²) in [6.07, 6.45) is 5.70. The molecule has 2 aliphatic rings. The van der Waals surface area contributed by atoms with Crippen LogP contribution in [0.3, 0.4) is 0 Å². The number of carbonyl (C=O) groups is 1. The zero-order valence-electron chi connectivity index (χ0n) is 12.6. The number of fused-ring (bicyclic) bond motifs is 2. The maximum atomic E-state index is 12.2. The Kier molecular flexibility index (Phi) is 5.03. The molecule has 2 bridgehead atoms. The van der Waals surface area contributed by atoms with E-state index >= 15 is 0 Å². The molecule has 0 spiro atoms. The molecule has 2 atom stereocenters. The van der Waals surface area contributed by atoms with Gasteiger partial charge in [-0.15, -0.1) is 0 Å². The predicted molar refractivity (Wildman–Crippen MR) is 89.6 cm³/mol. The standard InChI is InChI=1S/C17H23BrN2O2/c18-13-5-2-6-15(9-13)22-10-16(21)20-17-11-3-1-4-12(17)8-14(19)7-11/h2,5-6,9,11-12,14,17H,1,3-4,7-8,10,19H2,(H,20,21). The molecule has 0 heterocycles. The van der Waals surface area contributed by atoms with Crippen LogP contribution in [0.25, 0.3) is 0 Å². The van der Waals surface area contributed by atoms with E-state index in [2.05, 4.69) is 21.2 Å². The molecule has 2 unspecified atom stereocenters. The number of nitrogens with two attached hydrogens (primary N) is 1. The first-order valence-corrected chi connectivity index (χ1v) is 8.84. The first-order valence-electron chi connectivity index (χ1n) is 8.05. The van der Waals surface area contributed by atoms with Gasteiger partial charge in [0.2, 0.25) is 0 Å². The van der Waals surface area contributed by atoms with Gasteiger partial charge in [-0.25, -0.2) is 0 Å². The summed E-state index contributed by atoms with van der Waals surface area (Å²) in [6.45, 7) is 0.0679. The van der Waals surface area contributed by atoms with Crippen LogP contribution in [0, 0.1) is 11.8 Å². The van der Waals surface area contributed by atoms with E-state index in [1.165, 1.54) is 19.3 Å². The van der Waals surface area contributed by atoms with Gasteiger partial charge in [0.15, 0.2) is 6.61 Å². The second-order valence-electron chi connectivity index (χ2n) is 6.52. The van der Waals surface area contributed by atoms with E-state index in [0.717, 1.165) is 17.3 Å². The fourth-order valence-electron chi connectivity index (χ4n) is 3.96. The lowest BCUT2D eigenvalue weighted by Crippen LogP contribution is -2.54. The number of hydrogen-bond acceptors (Lipinski definition) is 3. The number of ether oxygens (including phenoxy) is 1. The zero-order chi connectivity index (χ0) is 15.5. The van der Waals surface area contributed by atoms with Crippen LogP contribution >= 0.6 is 15.9 Å². The van der Waals surface area contributed by atoms with Crippen molar-refractivity contribution < 1.29 is 9.53 Å². The van der Waals surface area contributed by atoms with E-state index in [0.29, 0.717) is 23.6 Å². The largest absolute Gasteiger partial charge is 0.484 e. The molecule has 5 heteroatoms. The Balaban J connectivity index is 1.53. The molecule has 3 N–H and O–H groups in total. The number of rotatable bonds is 4. The topological polar surface area (TPSA) is 64.3 Å². The monoisotopic (exact) mass is 366 g/mol. The number of nitrogens with one attached hydrogen (secondary N) is 1. The summed E-state index contributed by atoms with van der Waals surface area (Å²) in [5.74, 6) is 1.75. The smallest absolute Gasteiger partial charge is 0.258 e. The molecule has 1 aromatic carbocycles. The van der Waals surface area contributed by atoms with E-state index in [-0.39, 0.29) is 18.6 Å². The average Bonchev–Trinajstić information content (AvgIpc) is 2.46. The maximum absolute atomic E-state index is 12.2. The van der Waals surface area contributed by atoms with Gasteiger partial charge in [-0.05, 0) is 55.7 Å². The number of amides is 1. The molecule has 1 amide bonds. The summed E-state index contributed by atoms with van der Waals surface area (Å²) in [7, 11) is 0. The van der Waals surface area contributed by atoms with Gasteiger partial charge in [0.1, 0.15) is 5.75 Å². The molecule has 0 aliphatic heterocycles. The molecule has 0 saturated heterocycles. The third-order valence-corrected chi connectivity index (χ3v) is 5.36. The van der Waals surface area contributed by atoms with Crippen LogP contribution in [0.15, 0.2) is 28.7 Å². The van der Waals surface area contributed by atoms with Crippen molar-refractivity contribution in [3.63, 3.8) is 0 Å². The minimum Gasteiger partial charge on any atom is -0.484 e. The summed E-state index contributed by atoms with van der Waals surface area (Å²) in [5, 5.41) is 3.20. The second kappa shape index (κ2) is 7.01. The van der Waals surface area contributed by atoms with Gasteiger partial charge >= 0.3 is 0 Å². The number of carbonyl (C=O) groups excluding carboxylic acids is 1. The van der Waals surface area contributed by atoms with Crippen molar-refractivity contribution in [3.05, 3.63) is 28.7 Å². The van der Waals surface area contributed by atoms with Crippen molar-refractivity contribution in [2.45, 2.75) is 44.2 Å². The van der Waals surface area contributed by atoms with Crippen LogP contribution in [0.2, 0.25) is 0 Å². The van der Waals surface area contributed by atoms with E-state index in [9.17, 15) is 4.79 Å². The Morgan fingerprint density at radius 1 is 1.32 bits per heavy atom. The van der Waals surface area contributed by atoms with Crippen LogP contribution in [0.4, 0.5) is 0 Å². The fraction of sp³-hybridized carbons (Fsp3) is 0.588. The van der Waals surface area contributed by atoms with Gasteiger partial charge in [0, 0.05) is 16.6 Å². The molecule has 0 aromatic heterocycles. The van der Waals surface area contributed by atoms with Crippen molar-refractivity contribution in [1.82, 2.24) is 5.32 Å². The SMILES string of the molecule is NC1CC2CCCC(C1)C2NC(=O)COc1cccc(Br)c1. The van der Waals surface area contributed by atoms with Gasteiger partial charge in [0.25, 0.3) is 5.91 Å². The highest BCUT2D eigenvalue weighted by molar-refractivity contribution is 9.10. The van der Waals surface area contributed by atoms with Crippen LogP contribution in [-0.2, 0) is 4.79 Å². The quantitative estimate of drug-likeness (QED) is 0.860. The predicted octanol–water partition coefficient (Wildman–Crippen LogP) is 2.85. The highest BCUT2D eigenvalue weighted by Gasteiger charge is 2.39. The summed E-state index contributed by atoms with van der Waals surface area (Å²) < 4.78 is 6.51. The molecule has 2 saturated carbocycles. The van der Waals surface area contributed by atoms with Crippen molar-refractivity contribution in [2.75, 3.05) is 6.61 Å². The van der Waals surface area contributed by atoms with Crippen LogP contribution in [-0.4, -0.2) is 24.6 Å². The Morgan fingerprint density at radius 2 is 2.05 bits per heavy atom. The number of hydrogen-bond donors (Lipinski definition) is 2. The third kappa shape index (κ3) is 3.82. The lowest BCUT2D eigenvalue weighted by atomic mass is 9.67. The molecule has 120 valence electrons. The summed E-state index contributed by atoms with van der Waals surface area (Å²) in [6, 6.07) is 8.13. The van der Waals surface area contributed by atoms with Crippen molar-refractivity contribution >= 4 is 21.8 Å². The first kappa shape index (κ1) is 15.8. The minimum atomic E-state index is -0.0302. The second-order valence-corrected chi connectivity index (χ2v) is 7.44. The number of halogens is 1. The molecule has 3 rings (SSSR count). The van der Waals surface area contributed by atoms with Crippen molar-refractivity contribution in [2.24, 2.45) is 17.6 Å². The molecular formula is C17H23BrN2O2. The lowest BCUT2D eigenvalue weighted by molar-refractivity contribution is -0.125. The molecule has 22 heavy (non-hydrogen) atoms. The summed E-state index contributed by atoms with van der Waals surface area (Å²) in [5.41, 5.74) is 6.13. The minimum absolute atomic E-state index is 0.0302. The zero-order valence-corrected chi connectivity index (χ0v) is 14.2. The van der Waals surface area contributed by atoms with E-state index in [4.69, 9.17) is 10.5 Å². The Hall–Kier alpha value is -1.07.